The molecule has 0 atom stereocenters. The predicted octanol–water partition coefficient (Wildman–Crippen LogP) is 6.37. The molecule has 0 heterocycles. The van der Waals surface area contributed by atoms with E-state index in [-0.39, 0.29) is 11.5 Å². The summed E-state index contributed by atoms with van der Waals surface area (Å²) in [5.41, 5.74) is 3.46. The van der Waals surface area contributed by atoms with Gasteiger partial charge in [-0.05, 0) is 85.5 Å². The van der Waals surface area contributed by atoms with Crippen LogP contribution in [0.15, 0.2) is 12.1 Å². The van der Waals surface area contributed by atoms with E-state index in [9.17, 15) is 10.2 Å². The number of aromatic hydroxyl groups is 2. The molecule has 2 rings (SSSR count). The first-order chi connectivity index (χ1) is 11.2. The van der Waals surface area contributed by atoms with Gasteiger partial charge in [-0.1, -0.05) is 40.5 Å². The Labute approximate surface area is 148 Å². The highest BCUT2D eigenvalue weighted by Crippen LogP contribution is 2.49. The van der Waals surface area contributed by atoms with E-state index < -0.39 is 0 Å². The van der Waals surface area contributed by atoms with Gasteiger partial charge in [0.1, 0.15) is 0 Å². The average Bonchev–Trinajstić information content (AvgIpc) is 3.21. The third-order valence-corrected chi connectivity index (χ3v) is 5.50. The Kier molecular flexibility index (Phi) is 6.22. The summed E-state index contributed by atoms with van der Waals surface area (Å²) < 4.78 is 0. The number of aryl methyl sites for hydroxylation is 2. The summed E-state index contributed by atoms with van der Waals surface area (Å²) in [7, 11) is 0. The van der Waals surface area contributed by atoms with E-state index >= 15 is 0 Å². The van der Waals surface area contributed by atoms with E-state index in [4.69, 9.17) is 0 Å². The van der Waals surface area contributed by atoms with E-state index in [1.165, 1.54) is 56.1 Å². The van der Waals surface area contributed by atoms with Crippen LogP contribution in [0.2, 0.25) is 0 Å². The summed E-state index contributed by atoms with van der Waals surface area (Å²) in [6.07, 6.45) is 12.2. The summed E-state index contributed by atoms with van der Waals surface area (Å²) in [4.78, 5) is 0. The van der Waals surface area contributed by atoms with E-state index in [0.717, 1.165) is 19.3 Å². The van der Waals surface area contributed by atoms with E-state index in [2.05, 4.69) is 27.7 Å². The second-order valence-electron chi connectivity index (χ2n) is 9.40. The molecule has 1 saturated carbocycles. The lowest BCUT2D eigenvalue weighted by atomic mass is 9.88. The molecule has 0 amide bonds. The third-order valence-electron chi connectivity index (χ3n) is 5.50. The lowest BCUT2D eigenvalue weighted by Gasteiger charge is -2.18. The van der Waals surface area contributed by atoms with Crippen LogP contribution in [0.4, 0.5) is 0 Å². The van der Waals surface area contributed by atoms with Gasteiger partial charge in [0.15, 0.2) is 11.5 Å². The fraction of sp³-hybridized carbons (Fsp3) is 0.727. The van der Waals surface area contributed by atoms with Crippen molar-refractivity contribution in [3.8, 4) is 11.5 Å². The number of phenolic OH excluding ortho intramolecular Hbond substituents is 2. The molecule has 0 radical (unpaired) electrons. The van der Waals surface area contributed by atoms with Crippen molar-refractivity contribution < 1.29 is 10.2 Å². The molecule has 2 nitrogen and oxygen atoms in total. The zero-order chi connectivity index (χ0) is 17.8. The number of hydrogen-bond acceptors (Lipinski definition) is 2. The third kappa shape index (κ3) is 6.37. The van der Waals surface area contributed by atoms with Crippen LogP contribution in [0.1, 0.15) is 90.2 Å². The molecule has 1 fully saturated rings. The van der Waals surface area contributed by atoms with Crippen molar-refractivity contribution in [2.45, 2.75) is 91.9 Å². The first-order valence-electron chi connectivity index (χ1n) is 9.72. The summed E-state index contributed by atoms with van der Waals surface area (Å²) in [5, 5.41) is 19.7. The molecule has 0 saturated heterocycles. The quantitative estimate of drug-likeness (QED) is 0.407. The molecule has 0 aliphatic heterocycles. The van der Waals surface area contributed by atoms with E-state index in [0.29, 0.717) is 10.8 Å². The van der Waals surface area contributed by atoms with E-state index in [1.807, 2.05) is 0 Å². The Bertz CT molecular complexity index is 497. The van der Waals surface area contributed by atoms with Gasteiger partial charge in [0.25, 0.3) is 0 Å². The van der Waals surface area contributed by atoms with Gasteiger partial charge in [0.2, 0.25) is 0 Å². The molecule has 0 unspecified atom stereocenters. The van der Waals surface area contributed by atoms with Crippen LogP contribution in [0.3, 0.4) is 0 Å². The molecule has 0 spiro atoms. The van der Waals surface area contributed by atoms with Gasteiger partial charge in [-0.15, -0.1) is 0 Å². The Morgan fingerprint density at radius 2 is 1.38 bits per heavy atom. The molecule has 0 aromatic heterocycles. The number of unbranched alkanes of at least 4 members (excludes halogenated alkanes) is 2. The predicted molar refractivity (Wildman–Crippen MR) is 102 cm³/mol. The van der Waals surface area contributed by atoms with Gasteiger partial charge in [-0.2, -0.15) is 0 Å². The first-order valence-corrected chi connectivity index (χ1v) is 9.72. The number of phenols is 2. The minimum absolute atomic E-state index is 0.0232. The highest BCUT2D eigenvalue weighted by atomic mass is 16.3. The molecule has 2 heteroatoms. The van der Waals surface area contributed by atoms with Crippen molar-refractivity contribution in [2.75, 3.05) is 0 Å². The topological polar surface area (TPSA) is 40.5 Å². The van der Waals surface area contributed by atoms with Crippen LogP contribution in [0, 0.1) is 10.8 Å². The van der Waals surface area contributed by atoms with Crippen molar-refractivity contribution in [2.24, 2.45) is 10.8 Å². The number of benzene rings is 1. The Balaban J connectivity index is 1.86. The van der Waals surface area contributed by atoms with Gasteiger partial charge in [-0.25, -0.2) is 0 Å². The highest BCUT2D eigenvalue weighted by molar-refractivity contribution is 5.45. The van der Waals surface area contributed by atoms with Crippen molar-refractivity contribution in [1.29, 1.82) is 0 Å². The average molecular weight is 333 g/mol. The van der Waals surface area contributed by atoms with Crippen LogP contribution in [0.5, 0.6) is 11.5 Å². The molecule has 1 aromatic rings. The molecular formula is C22H36O2. The lowest BCUT2D eigenvalue weighted by molar-refractivity contribution is 0.360. The Morgan fingerprint density at radius 3 is 1.83 bits per heavy atom. The van der Waals surface area contributed by atoms with Crippen molar-refractivity contribution in [1.82, 2.24) is 0 Å². The van der Waals surface area contributed by atoms with Crippen molar-refractivity contribution in [3.05, 3.63) is 23.3 Å². The molecule has 1 aromatic carbocycles. The highest BCUT2D eigenvalue weighted by Gasteiger charge is 2.35. The van der Waals surface area contributed by atoms with Crippen LogP contribution < -0.4 is 0 Å². The maximum Gasteiger partial charge on any atom is 0.157 e. The Morgan fingerprint density at radius 1 is 0.875 bits per heavy atom. The molecule has 24 heavy (non-hydrogen) atoms. The monoisotopic (exact) mass is 332 g/mol. The van der Waals surface area contributed by atoms with Gasteiger partial charge in [-0.3, -0.25) is 0 Å². The van der Waals surface area contributed by atoms with Crippen LogP contribution in [-0.2, 0) is 12.8 Å². The minimum Gasteiger partial charge on any atom is -0.504 e. The van der Waals surface area contributed by atoms with Crippen molar-refractivity contribution in [3.63, 3.8) is 0 Å². The van der Waals surface area contributed by atoms with Gasteiger partial charge in [0.05, 0.1) is 0 Å². The molecule has 0 bridgehead atoms. The maximum absolute atomic E-state index is 9.85. The maximum atomic E-state index is 9.85. The van der Waals surface area contributed by atoms with E-state index in [1.54, 1.807) is 12.1 Å². The summed E-state index contributed by atoms with van der Waals surface area (Å²) in [6, 6.07) is 3.57. The van der Waals surface area contributed by atoms with Crippen LogP contribution in [-0.4, -0.2) is 10.2 Å². The first kappa shape index (κ1) is 19.1. The molecular weight excluding hydrogens is 296 g/mol. The summed E-state index contributed by atoms with van der Waals surface area (Å²) in [6.45, 7) is 9.24. The number of hydrogen-bond donors (Lipinski definition) is 2. The standard InChI is InChI=1S/C22H36O2/c1-21(2,3)11-7-5-9-17-15-19(23)20(24)16-18(17)10-6-8-12-22(4)13-14-22/h15-16,23-24H,5-14H2,1-4H3. The molecule has 136 valence electrons. The fourth-order valence-electron chi connectivity index (χ4n) is 3.43. The Hall–Kier alpha value is -1.18. The smallest absolute Gasteiger partial charge is 0.157 e. The largest absolute Gasteiger partial charge is 0.504 e. The molecule has 1 aliphatic carbocycles. The van der Waals surface area contributed by atoms with Crippen LogP contribution >= 0.6 is 0 Å². The normalized spacial score (nSPS) is 16.3. The molecule has 1 aliphatic rings. The van der Waals surface area contributed by atoms with Gasteiger partial charge >= 0.3 is 0 Å². The lowest BCUT2D eigenvalue weighted by Crippen LogP contribution is -2.04. The zero-order valence-corrected chi connectivity index (χ0v) is 16.1. The molecule has 2 N–H and O–H groups in total. The van der Waals surface area contributed by atoms with Gasteiger partial charge in [0, 0.05) is 0 Å². The SMILES string of the molecule is CC(C)(C)CCCCc1cc(O)c(O)cc1CCCCC1(C)CC1. The fourth-order valence-corrected chi connectivity index (χ4v) is 3.43. The summed E-state index contributed by atoms with van der Waals surface area (Å²) >= 11 is 0. The van der Waals surface area contributed by atoms with Gasteiger partial charge < -0.3 is 10.2 Å². The second-order valence-corrected chi connectivity index (χ2v) is 9.40. The minimum atomic E-state index is 0.0232. The van der Waals surface area contributed by atoms with Crippen molar-refractivity contribution >= 4 is 0 Å². The number of rotatable bonds is 9. The zero-order valence-electron chi connectivity index (χ0n) is 16.1. The summed E-state index contributed by atoms with van der Waals surface area (Å²) in [5.74, 6) is 0.0488. The second kappa shape index (κ2) is 7.80. The van der Waals surface area contributed by atoms with Crippen LogP contribution in [0.25, 0.3) is 0 Å².